The van der Waals surface area contributed by atoms with Crippen molar-refractivity contribution in [2.75, 3.05) is 45.8 Å². The van der Waals surface area contributed by atoms with E-state index in [2.05, 4.69) is 22.0 Å². The minimum absolute atomic E-state index is 0.869. The molecule has 0 aromatic rings. The Morgan fingerprint density at radius 3 is 2.57 bits per heavy atom. The van der Waals surface area contributed by atoms with Crippen molar-refractivity contribution in [3.05, 3.63) is 0 Å². The van der Waals surface area contributed by atoms with Crippen LogP contribution in [0, 0.1) is 0 Å². The highest BCUT2D eigenvalue weighted by molar-refractivity contribution is 4.89. The van der Waals surface area contributed by atoms with E-state index in [9.17, 15) is 0 Å². The molecule has 0 aromatic carbocycles. The summed E-state index contributed by atoms with van der Waals surface area (Å²) in [6.07, 6.45) is 2.70. The van der Waals surface area contributed by atoms with Gasteiger partial charge >= 0.3 is 0 Å². The predicted molar refractivity (Wildman–Crippen MR) is 59.6 cm³/mol. The summed E-state index contributed by atoms with van der Waals surface area (Å²) < 4.78 is 0. The highest BCUT2D eigenvalue weighted by Crippen LogP contribution is 2.15. The number of rotatable bonds is 4. The predicted octanol–water partition coefficient (Wildman–Crippen LogP) is 0.376. The summed E-state index contributed by atoms with van der Waals surface area (Å²) in [5.41, 5.74) is 0. The molecule has 0 saturated carbocycles. The van der Waals surface area contributed by atoms with E-state index in [1.54, 1.807) is 0 Å². The van der Waals surface area contributed by atoms with Crippen LogP contribution in [0.15, 0.2) is 0 Å². The van der Waals surface area contributed by atoms with E-state index in [0.717, 1.165) is 6.04 Å². The lowest BCUT2D eigenvalue weighted by atomic mass is 10.1. The van der Waals surface area contributed by atoms with Crippen molar-refractivity contribution >= 4 is 0 Å². The Balaban J connectivity index is 1.61. The van der Waals surface area contributed by atoms with Crippen molar-refractivity contribution in [2.24, 2.45) is 0 Å². The first-order chi connectivity index (χ1) is 6.90. The maximum Gasteiger partial charge on any atom is 0.0351 e. The summed E-state index contributed by atoms with van der Waals surface area (Å²) in [5, 5.41) is 3.41. The number of nitrogens with one attached hydrogen (secondary N) is 1. The fourth-order valence-electron chi connectivity index (χ4n) is 2.39. The summed E-state index contributed by atoms with van der Waals surface area (Å²) in [7, 11) is 0. The fourth-order valence-corrected chi connectivity index (χ4v) is 2.39. The quantitative estimate of drug-likeness (QED) is 0.703. The average molecular weight is 197 g/mol. The second-order valence-electron chi connectivity index (χ2n) is 4.55. The molecular formula is C11H23N3. The molecule has 0 aromatic heterocycles. The molecular weight excluding hydrogens is 174 g/mol. The first-order valence-corrected chi connectivity index (χ1v) is 6.07. The van der Waals surface area contributed by atoms with Crippen molar-refractivity contribution in [1.29, 1.82) is 0 Å². The average Bonchev–Trinajstić information content (AvgIpc) is 2.17. The molecule has 2 saturated heterocycles. The summed E-state index contributed by atoms with van der Waals surface area (Å²) in [5.74, 6) is 0. The maximum absolute atomic E-state index is 3.41. The normalized spacial score (nSPS) is 26.4. The second-order valence-corrected chi connectivity index (χ2v) is 4.55. The van der Waals surface area contributed by atoms with E-state index in [-0.39, 0.29) is 0 Å². The number of hydrogen-bond donors (Lipinski definition) is 1. The van der Waals surface area contributed by atoms with Crippen molar-refractivity contribution in [3.8, 4) is 0 Å². The molecule has 0 aliphatic carbocycles. The third kappa shape index (κ3) is 2.47. The number of piperazine rings is 1. The molecule has 2 fully saturated rings. The molecule has 3 heteroatoms. The lowest BCUT2D eigenvalue weighted by Gasteiger charge is -2.46. The number of likely N-dealkylation sites (tertiary alicyclic amines) is 1. The maximum atomic E-state index is 3.41. The van der Waals surface area contributed by atoms with E-state index in [4.69, 9.17) is 0 Å². The SMILES string of the molecule is CCCCN1CC(N2CCNCC2)C1. The summed E-state index contributed by atoms with van der Waals surface area (Å²) >= 11 is 0. The van der Waals surface area contributed by atoms with Crippen molar-refractivity contribution in [1.82, 2.24) is 15.1 Å². The van der Waals surface area contributed by atoms with E-state index in [1.165, 1.54) is 58.7 Å². The first-order valence-electron chi connectivity index (χ1n) is 6.07. The fraction of sp³-hybridized carbons (Fsp3) is 1.00. The van der Waals surface area contributed by atoms with Gasteiger partial charge in [0.05, 0.1) is 0 Å². The van der Waals surface area contributed by atoms with E-state index in [0.29, 0.717) is 0 Å². The van der Waals surface area contributed by atoms with Gasteiger partial charge in [0.2, 0.25) is 0 Å². The Morgan fingerprint density at radius 2 is 1.93 bits per heavy atom. The van der Waals surface area contributed by atoms with Crippen LogP contribution in [0.5, 0.6) is 0 Å². The summed E-state index contributed by atoms with van der Waals surface area (Å²) in [6, 6.07) is 0.869. The van der Waals surface area contributed by atoms with Crippen LogP contribution < -0.4 is 5.32 Å². The molecule has 2 aliphatic heterocycles. The molecule has 1 N–H and O–H groups in total. The van der Waals surface area contributed by atoms with Crippen LogP contribution in [-0.2, 0) is 0 Å². The number of hydrogen-bond acceptors (Lipinski definition) is 3. The van der Waals surface area contributed by atoms with Crippen LogP contribution >= 0.6 is 0 Å². The first kappa shape index (κ1) is 10.4. The van der Waals surface area contributed by atoms with Gasteiger partial charge in [-0.3, -0.25) is 4.90 Å². The summed E-state index contributed by atoms with van der Waals surface area (Å²) in [6.45, 7) is 11.1. The molecule has 82 valence electrons. The van der Waals surface area contributed by atoms with Crippen molar-refractivity contribution < 1.29 is 0 Å². The molecule has 3 nitrogen and oxygen atoms in total. The molecule has 0 bridgehead atoms. The lowest BCUT2D eigenvalue weighted by Crippen LogP contribution is -2.62. The van der Waals surface area contributed by atoms with Gasteiger partial charge in [-0.1, -0.05) is 13.3 Å². The zero-order valence-electron chi connectivity index (χ0n) is 9.34. The molecule has 0 amide bonds. The van der Waals surface area contributed by atoms with Gasteiger partial charge in [0, 0.05) is 45.3 Å². The Bertz CT molecular complexity index is 160. The highest BCUT2D eigenvalue weighted by atomic mass is 15.3. The lowest BCUT2D eigenvalue weighted by molar-refractivity contribution is 0.0267. The van der Waals surface area contributed by atoms with Crippen LogP contribution in [0.2, 0.25) is 0 Å². The number of unbranched alkanes of at least 4 members (excludes halogenated alkanes) is 1. The molecule has 14 heavy (non-hydrogen) atoms. The van der Waals surface area contributed by atoms with Gasteiger partial charge in [0.25, 0.3) is 0 Å². The van der Waals surface area contributed by atoms with Crippen molar-refractivity contribution in [3.63, 3.8) is 0 Å². The Hall–Kier alpha value is -0.120. The summed E-state index contributed by atoms with van der Waals surface area (Å²) in [4.78, 5) is 5.25. The van der Waals surface area contributed by atoms with Crippen molar-refractivity contribution in [2.45, 2.75) is 25.8 Å². The van der Waals surface area contributed by atoms with Crippen LogP contribution in [-0.4, -0.2) is 61.7 Å². The van der Waals surface area contributed by atoms with E-state index in [1.807, 2.05) is 0 Å². The third-order valence-corrected chi connectivity index (χ3v) is 3.43. The minimum atomic E-state index is 0.869. The monoisotopic (exact) mass is 197 g/mol. The smallest absolute Gasteiger partial charge is 0.0351 e. The Morgan fingerprint density at radius 1 is 1.21 bits per heavy atom. The standard InChI is InChI=1S/C11H23N3/c1-2-3-6-13-9-11(10-13)14-7-4-12-5-8-14/h11-12H,2-10H2,1H3. The molecule has 2 rings (SSSR count). The molecule has 2 aliphatic rings. The van der Waals surface area contributed by atoms with Crippen LogP contribution in [0.1, 0.15) is 19.8 Å². The van der Waals surface area contributed by atoms with Gasteiger partial charge in [0.1, 0.15) is 0 Å². The third-order valence-electron chi connectivity index (χ3n) is 3.43. The zero-order valence-corrected chi connectivity index (χ0v) is 9.34. The highest BCUT2D eigenvalue weighted by Gasteiger charge is 2.31. The topological polar surface area (TPSA) is 18.5 Å². The number of nitrogens with zero attached hydrogens (tertiary/aromatic N) is 2. The minimum Gasteiger partial charge on any atom is -0.314 e. The van der Waals surface area contributed by atoms with Gasteiger partial charge in [-0.15, -0.1) is 0 Å². The van der Waals surface area contributed by atoms with E-state index >= 15 is 0 Å². The molecule has 0 unspecified atom stereocenters. The molecule has 2 heterocycles. The Kier molecular flexibility index (Phi) is 3.79. The van der Waals surface area contributed by atoms with Crippen LogP contribution in [0.3, 0.4) is 0 Å². The van der Waals surface area contributed by atoms with Gasteiger partial charge in [-0.2, -0.15) is 0 Å². The second kappa shape index (κ2) is 5.10. The van der Waals surface area contributed by atoms with E-state index < -0.39 is 0 Å². The molecule has 0 spiro atoms. The zero-order chi connectivity index (χ0) is 9.80. The van der Waals surface area contributed by atoms with Gasteiger partial charge < -0.3 is 10.2 Å². The van der Waals surface area contributed by atoms with Gasteiger partial charge in [-0.05, 0) is 13.0 Å². The van der Waals surface area contributed by atoms with Gasteiger partial charge in [0.15, 0.2) is 0 Å². The Labute approximate surface area is 87.4 Å². The van der Waals surface area contributed by atoms with Gasteiger partial charge in [-0.25, -0.2) is 0 Å². The molecule has 0 radical (unpaired) electrons. The van der Waals surface area contributed by atoms with Crippen LogP contribution in [0.25, 0.3) is 0 Å². The molecule has 0 atom stereocenters. The largest absolute Gasteiger partial charge is 0.314 e. The van der Waals surface area contributed by atoms with Crippen LogP contribution in [0.4, 0.5) is 0 Å².